The second-order valence-corrected chi connectivity index (χ2v) is 5.18. The van der Waals surface area contributed by atoms with E-state index in [1.807, 2.05) is 0 Å². The van der Waals surface area contributed by atoms with Gasteiger partial charge in [0.2, 0.25) is 11.8 Å². The van der Waals surface area contributed by atoms with E-state index in [0.29, 0.717) is 18.5 Å². The minimum Gasteiger partial charge on any atom is -0.356 e. The summed E-state index contributed by atoms with van der Waals surface area (Å²) in [5.41, 5.74) is 0.473. The van der Waals surface area contributed by atoms with Crippen molar-refractivity contribution in [1.29, 1.82) is 0 Å². The van der Waals surface area contributed by atoms with E-state index in [1.54, 1.807) is 0 Å². The van der Waals surface area contributed by atoms with E-state index in [2.05, 4.69) is 15.8 Å². The lowest BCUT2D eigenvalue weighted by Gasteiger charge is -2.09. The van der Waals surface area contributed by atoms with Crippen molar-refractivity contribution in [3.05, 3.63) is 41.6 Å². The number of carbonyl (C=O) groups excluding carboxylic acids is 2. The van der Waals surface area contributed by atoms with E-state index in [4.69, 9.17) is 4.52 Å². The Kier molecular flexibility index (Phi) is 4.05. The average molecular weight is 321 g/mol. The molecule has 0 bridgehead atoms. The third-order valence-corrected chi connectivity index (χ3v) is 3.51. The highest BCUT2D eigenvalue weighted by atomic mass is 19.1. The lowest BCUT2D eigenvalue weighted by atomic mass is 10.1. The molecule has 1 aromatic heterocycles. The third kappa shape index (κ3) is 3.36. The monoisotopic (exact) mass is 321 g/mol. The topological polar surface area (TPSA) is 84.2 Å². The minimum atomic E-state index is -0.759. The lowest BCUT2D eigenvalue weighted by Crippen LogP contribution is -2.41. The van der Waals surface area contributed by atoms with Gasteiger partial charge in [-0.25, -0.2) is 8.78 Å². The molecule has 120 valence electrons. The fourth-order valence-electron chi connectivity index (χ4n) is 2.32. The number of benzene rings is 1. The van der Waals surface area contributed by atoms with Gasteiger partial charge in [-0.3, -0.25) is 9.59 Å². The fourth-order valence-corrected chi connectivity index (χ4v) is 2.32. The van der Waals surface area contributed by atoms with Crippen LogP contribution in [-0.4, -0.2) is 23.0 Å². The van der Waals surface area contributed by atoms with Gasteiger partial charge in [0.25, 0.3) is 0 Å². The van der Waals surface area contributed by atoms with Crippen molar-refractivity contribution in [2.24, 2.45) is 0 Å². The van der Waals surface area contributed by atoms with Crippen LogP contribution in [-0.2, 0) is 16.1 Å². The molecular formula is C15H13F2N3O3. The van der Waals surface area contributed by atoms with Crippen LogP contribution >= 0.6 is 0 Å². The zero-order chi connectivity index (χ0) is 16.4. The number of hydrogen-bond donors (Lipinski definition) is 2. The van der Waals surface area contributed by atoms with Crippen LogP contribution in [0, 0.1) is 11.6 Å². The molecule has 1 saturated heterocycles. The molecule has 0 aliphatic carbocycles. The maximum atomic E-state index is 13.7. The van der Waals surface area contributed by atoms with Gasteiger partial charge in [-0.1, -0.05) is 5.16 Å². The predicted molar refractivity (Wildman–Crippen MR) is 74.9 cm³/mol. The van der Waals surface area contributed by atoms with Gasteiger partial charge in [-0.2, -0.15) is 0 Å². The normalized spacial score (nSPS) is 17.1. The molecule has 23 heavy (non-hydrogen) atoms. The summed E-state index contributed by atoms with van der Waals surface area (Å²) >= 11 is 0. The van der Waals surface area contributed by atoms with E-state index in [1.165, 1.54) is 12.1 Å². The number of halogens is 2. The van der Waals surface area contributed by atoms with Gasteiger partial charge in [0.15, 0.2) is 5.76 Å². The summed E-state index contributed by atoms with van der Waals surface area (Å²) in [7, 11) is 0. The largest absolute Gasteiger partial charge is 0.356 e. The average Bonchev–Trinajstić information content (AvgIpc) is 3.14. The molecule has 2 N–H and O–H groups in total. The number of nitrogens with one attached hydrogen (secondary N) is 2. The first-order valence-corrected chi connectivity index (χ1v) is 7.01. The van der Waals surface area contributed by atoms with Gasteiger partial charge in [0, 0.05) is 18.6 Å². The van der Waals surface area contributed by atoms with Crippen molar-refractivity contribution in [1.82, 2.24) is 15.8 Å². The van der Waals surface area contributed by atoms with Crippen LogP contribution in [0.15, 0.2) is 28.8 Å². The number of hydrogen-bond acceptors (Lipinski definition) is 4. The molecule has 2 aromatic rings. The molecule has 1 aliphatic heterocycles. The van der Waals surface area contributed by atoms with E-state index in [0.717, 1.165) is 12.1 Å². The Bertz CT molecular complexity index is 760. The Hall–Kier alpha value is -2.77. The Labute approximate surface area is 129 Å². The SMILES string of the molecule is O=C1CC[C@@H](C(=O)NCc2cc(-c3ccc(F)cc3F)on2)N1. The molecule has 1 aliphatic rings. The first-order chi connectivity index (χ1) is 11.0. The van der Waals surface area contributed by atoms with Crippen LogP contribution < -0.4 is 10.6 Å². The van der Waals surface area contributed by atoms with Crippen LogP contribution in [0.2, 0.25) is 0 Å². The van der Waals surface area contributed by atoms with Crippen LogP contribution in [0.5, 0.6) is 0 Å². The highest BCUT2D eigenvalue weighted by molar-refractivity contribution is 5.90. The zero-order valence-corrected chi connectivity index (χ0v) is 11.9. The summed E-state index contributed by atoms with van der Waals surface area (Å²) in [5, 5.41) is 8.91. The van der Waals surface area contributed by atoms with Crippen molar-refractivity contribution in [2.45, 2.75) is 25.4 Å². The van der Waals surface area contributed by atoms with Crippen molar-refractivity contribution in [3.8, 4) is 11.3 Å². The van der Waals surface area contributed by atoms with Crippen LogP contribution in [0.1, 0.15) is 18.5 Å². The molecule has 0 spiro atoms. The number of amides is 2. The Morgan fingerprint density at radius 3 is 2.91 bits per heavy atom. The van der Waals surface area contributed by atoms with E-state index >= 15 is 0 Å². The van der Waals surface area contributed by atoms with Crippen LogP contribution in [0.3, 0.4) is 0 Å². The molecule has 0 unspecified atom stereocenters. The first-order valence-electron chi connectivity index (χ1n) is 7.01. The smallest absolute Gasteiger partial charge is 0.242 e. The number of carbonyl (C=O) groups is 2. The molecule has 8 heteroatoms. The molecule has 3 rings (SSSR count). The van der Waals surface area contributed by atoms with Gasteiger partial charge in [-0.15, -0.1) is 0 Å². The van der Waals surface area contributed by atoms with Gasteiger partial charge in [-0.05, 0) is 18.6 Å². The van der Waals surface area contributed by atoms with Crippen molar-refractivity contribution < 1.29 is 22.9 Å². The van der Waals surface area contributed by atoms with Gasteiger partial charge < -0.3 is 15.2 Å². The second kappa shape index (κ2) is 6.15. The maximum Gasteiger partial charge on any atom is 0.242 e. The van der Waals surface area contributed by atoms with Gasteiger partial charge in [0.1, 0.15) is 23.4 Å². The zero-order valence-electron chi connectivity index (χ0n) is 11.9. The summed E-state index contributed by atoms with van der Waals surface area (Å²) < 4.78 is 31.6. The highest BCUT2D eigenvalue weighted by Gasteiger charge is 2.27. The number of aromatic nitrogens is 1. The fraction of sp³-hybridized carbons (Fsp3) is 0.267. The minimum absolute atomic E-state index is 0.0809. The molecule has 0 radical (unpaired) electrons. The van der Waals surface area contributed by atoms with Crippen LogP contribution in [0.4, 0.5) is 8.78 Å². The number of nitrogens with zero attached hydrogens (tertiary/aromatic N) is 1. The summed E-state index contributed by atoms with van der Waals surface area (Å²) in [6.45, 7) is 0.0809. The molecule has 2 heterocycles. The molecule has 2 amide bonds. The molecule has 1 atom stereocenters. The van der Waals surface area contributed by atoms with E-state index in [9.17, 15) is 18.4 Å². The molecule has 0 saturated carbocycles. The summed E-state index contributed by atoms with van der Waals surface area (Å²) in [4.78, 5) is 22.9. The third-order valence-electron chi connectivity index (χ3n) is 3.51. The molecular weight excluding hydrogens is 308 g/mol. The molecule has 6 nitrogen and oxygen atoms in total. The summed E-state index contributed by atoms with van der Waals surface area (Å²) in [6.07, 6.45) is 0.783. The summed E-state index contributed by atoms with van der Waals surface area (Å²) in [6, 6.07) is 4.04. The molecule has 1 aromatic carbocycles. The lowest BCUT2D eigenvalue weighted by molar-refractivity contribution is -0.125. The van der Waals surface area contributed by atoms with Crippen molar-refractivity contribution in [2.75, 3.05) is 0 Å². The highest BCUT2D eigenvalue weighted by Crippen LogP contribution is 2.24. The maximum absolute atomic E-state index is 13.7. The Morgan fingerprint density at radius 2 is 2.22 bits per heavy atom. The second-order valence-electron chi connectivity index (χ2n) is 5.18. The summed E-state index contributed by atoms with van der Waals surface area (Å²) in [5.74, 6) is -1.77. The van der Waals surface area contributed by atoms with Crippen LogP contribution in [0.25, 0.3) is 11.3 Å². The quantitative estimate of drug-likeness (QED) is 0.894. The Morgan fingerprint density at radius 1 is 1.39 bits per heavy atom. The predicted octanol–water partition coefficient (Wildman–Crippen LogP) is 1.51. The van der Waals surface area contributed by atoms with E-state index < -0.39 is 17.7 Å². The van der Waals surface area contributed by atoms with Crippen molar-refractivity contribution in [3.63, 3.8) is 0 Å². The van der Waals surface area contributed by atoms with Gasteiger partial charge in [0.05, 0.1) is 12.1 Å². The Balaban J connectivity index is 1.63. The standard InChI is InChI=1S/C15H13F2N3O3/c16-8-1-2-10(11(17)5-8)13-6-9(20-23-13)7-18-15(22)12-3-4-14(21)19-12/h1-2,5-6,12H,3-4,7H2,(H,18,22)(H,19,21)/t12-/m0/s1. The molecule has 1 fully saturated rings. The number of rotatable bonds is 4. The van der Waals surface area contributed by atoms with Gasteiger partial charge >= 0.3 is 0 Å². The first kappa shape index (κ1) is 15.1. The van der Waals surface area contributed by atoms with E-state index in [-0.39, 0.29) is 29.7 Å². The van der Waals surface area contributed by atoms with Crippen molar-refractivity contribution >= 4 is 11.8 Å².